The van der Waals surface area contributed by atoms with Crippen LogP contribution in [0.15, 0.2) is 26.7 Å². The second-order valence-electron chi connectivity index (χ2n) is 2.56. The molecule has 0 radical (unpaired) electrons. The Bertz CT molecular complexity index is 432. The van der Waals surface area contributed by atoms with E-state index in [4.69, 9.17) is 11.6 Å². The molecule has 0 spiro atoms. The second kappa shape index (κ2) is 4.14. The standard InChI is InChI=1S/C9H4BrClOS2/c10-6-4-13-3-5(6)8(12)9-7(11)1-2-14-9/h1-4H. The van der Waals surface area contributed by atoms with Crippen LogP contribution in [0.3, 0.4) is 0 Å². The van der Waals surface area contributed by atoms with E-state index < -0.39 is 0 Å². The predicted molar refractivity (Wildman–Crippen MR) is 64.8 cm³/mol. The van der Waals surface area contributed by atoms with Crippen LogP contribution in [0.2, 0.25) is 5.02 Å². The van der Waals surface area contributed by atoms with Crippen molar-refractivity contribution in [2.24, 2.45) is 0 Å². The van der Waals surface area contributed by atoms with Gasteiger partial charge in [0.25, 0.3) is 0 Å². The zero-order chi connectivity index (χ0) is 10.1. The number of carbonyl (C=O) groups excluding carboxylic acids is 1. The molecule has 0 amide bonds. The van der Waals surface area contributed by atoms with E-state index in [1.165, 1.54) is 22.7 Å². The Morgan fingerprint density at radius 3 is 2.71 bits per heavy atom. The average molecular weight is 308 g/mol. The van der Waals surface area contributed by atoms with Gasteiger partial charge in [0.15, 0.2) is 0 Å². The van der Waals surface area contributed by atoms with Gasteiger partial charge in [-0.05, 0) is 27.4 Å². The number of carbonyl (C=O) groups is 1. The number of ketones is 1. The predicted octanol–water partition coefficient (Wildman–Crippen LogP) is 4.46. The smallest absolute Gasteiger partial charge is 0.206 e. The van der Waals surface area contributed by atoms with Gasteiger partial charge in [-0.2, -0.15) is 11.3 Å². The first kappa shape index (κ1) is 10.4. The van der Waals surface area contributed by atoms with Crippen molar-refractivity contribution in [2.75, 3.05) is 0 Å². The molecule has 0 aliphatic heterocycles. The minimum atomic E-state index is -0.0156. The fourth-order valence-corrected chi connectivity index (χ4v) is 3.57. The summed E-state index contributed by atoms with van der Waals surface area (Å²) in [7, 11) is 0. The SMILES string of the molecule is O=C(c1cscc1Br)c1sccc1Cl. The third kappa shape index (κ3) is 1.80. The Morgan fingerprint density at radius 1 is 1.43 bits per heavy atom. The lowest BCUT2D eigenvalue weighted by molar-refractivity contribution is 0.104. The summed E-state index contributed by atoms with van der Waals surface area (Å²) >= 11 is 12.1. The van der Waals surface area contributed by atoms with Crippen LogP contribution in [0.25, 0.3) is 0 Å². The minimum Gasteiger partial charge on any atom is -0.288 e. The second-order valence-corrected chi connectivity index (χ2v) is 5.48. The van der Waals surface area contributed by atoms with Crippen LogP contribution in [0.5, 0.6) is 0 Å². The Hall–Kier alpha value is -0.160. The Balaban J connectivity index is 2.44. The van der Waals surface area contributed by atoms with Crippen molar-refractivity contribution in [1.29, 1.82) is 0 Å². The van der Waals surface area contributed by atoms with E-state index in [1.807, 2.05) is 16.1 Å². The number of thiophene rings is 2. The van der Waals surface area contributed by atoms with Gasteiger partial charge in [-0.1, -0.05) is 11.6 Å². The molecule has 72 valence electrons. The molecule has 0 aromatic carbocycles. The molecule has 5 heteroatoms. The zero-order valence-electron chi connectivity index (χ0n) is 6.79. The van der Waals surface area contributed by atoms with E-state index in [2.05, 4.69) is 15.9 Å². The molecule has 0 saturated carbocycles. The number of halogens is 2. The summed E-state index contributed by atoms with van der Waals surface area (Å²) in [5.74, 6) is -0.0156. The highest BCUT2D eigenvalue weighted by Crippen LogP contribution is 2.29. The minimum absolute atomic E-state index is 0.0156. The fourth-order valence-electron chi connectivity index (χ4n) is 1.02. The summed E-state index contributed by atoms with van der Waals surface area (Å²) in [6.45, 7) is 0. The highest BCUT2D eigenvalue weighted by molar-refractivity contribution is 9.10. The Morgan fingerprint density at radius 2 is 2.21 bits per heavy atom. The van der Waals surface area contributed by atoms with Crippen molar-refractivity contribution in [2.45, 2.75) is 0 Å². The van der Waals surface area contributed by atoms with Gasteiger partial charge >= 0.3 is 0 Å². The molecule has 2 rings (SSSR count). The van der Waals surface area contributed by atoms with Crippen molar-refractivity contribution in [1.82, 2.24) is 0 Å². The molecular formula is C9H4BrClOS2. The maximum atomic E-state index is 11.9. The summed E-state index contributed by atoms with van der Waals surface area (Å²) < 4.78 is 0.831. The summed E-state index contributed by atoms with van der Waals surface area (Å²) in [6, 6.07) is 1.74. The van der Waals surface area contributed by atoms with Gasteiger partial charge in [0.2, 0.25) is 5.78 Å². The normalized spacial score (nSPS) is 10.4. The van der Waals surface area contributed by atoms with Gasteiger partial charge in [0.1, 0.15) is 0 Å². The quantitative estimate of drug-likeness (QED) is 0.749. The molecule has 0 aliphatic rings. The van der Waals surface area contributed by atoms with E-state index in [-0.39, 0.29) is 5.78 Å². The lowest BCUT2D eigenvalue weighted by Crippen LogP contribution is -1.97. The van der Waals surface area contributed by atoms with Gasteiger partial charge in [-0.25, -0.2) is 0 Å². The van der Waals surface area contributed by atoms with Crippen molar-refractivity contribution in [3.63, 3.8) is 0 Å². The van der Waals surface area contributed by atoms with Gasteiger partial charge in [0, 0.05) is 20.8 Å². The van der Waals surface area contributed by atoms with E-state index in [9.17, 15) is 4.79 Å². The lowest BCUT2D eigenvalue weighted by atomic mass is 10.2. The molecule has 0 N–H and O–H groups in total. The zero-order valence-corrected chi connectivity index (χ0v) is 10.8. The van der Waals surface area contributed by atoms with Crippen molar-refractivity contribution < 1.29 is 4.79 Å². The van der Waals surface area contributed by atoms with E-state index in [0.717, 1.165) is 4.47 Å². The summed E-state index contributed by atoms with van der Waals surface area (Å²) in [5, 5.41) is 6.05. The van der Waals surface area contributed by atoms with Crippen LogP contribution < -0.4 is 0 Å². The van der Waals surface area contributed by atoms with Crippen LogP contribution in [0, 0.1) is 0 Å². The van der Waals surface area contributed by atoms with Crippen molar-refractivity contribution >= 4 is 56.0 Å². The van der Waals surface area contributed by atoms with Crippen LogP contribution in [-0.2, 0) is 0 Å². The average Bonchev–Trinajstić information content (AvgIpc) is 2.73. The third-order valence-electron chi connectivity index (χ3n) is 1.68. The van der Waals surface area contributed by atoms with E-state index in [1.54, 1.807) is 6.07 Å². The van der Waals surface area contributed by atoms with E-state index >= 15 is 0 Å². The molecule has 0 unspecified atom stereocenters. The summed E-state index contributed by atoms with van der Waals surface area (Å²) in [5.41, 5.74) is 0.680. The maximum absolute atomic E-state index is 11.9. The number of rotatable bonds is 2. The first-order chi connectivity index (χ1) is 6.70. The molecule has 2 aromatic rings. The van der Waals surface area contributed by atoms with Crippen molar-refractivity contribution in [3.8, 4) is 0 Å². The molecular weight excluding hydrogens is 304 g/mol. The maximum Gasteiger partial charge on any atom is 0.206 e. The number of hydrogen-bond donors (Lipinski definition) is 0. The highest BCUT2D eigenvalue weighted by Gasteiger charge is 2.17. The Labute approximate surface area is 102 Å². The van der Waals surface area contributed by atoms with E-state index in [0.29, 0.717) is 15.5 Å². The summed E-state index contributed by atoms with van der Waals surface area (Å²) in [4.78, 5) is 12.5. The first-order valence-corrected chi connectivity index (χ1v) is 6.69. The largest absolute Gasteiger partial charge is 0.288 e. The number of hydrogen-bond acceptors (Lipinski definition) is 3. The first-order valence-electron chi connectivity index (χ1n) is 3.69. The third-order valence-corrected chi connectivity index (χ3v) is 4.73. The molecule has 0 atom stereocenters. The molecule has 0 aliphatic carbocycles. The summed E-state index contributed by atoms with van der Waals surface area (Å²) in [6.07, 6.45) is 0. The van der Waals surface area contributed by atoms with Gasteiger partial charge in [-0.3, -0.25) is 4.79 Å². The molecule has 0 bridgehead atoms. The van der Waals surface area contributed by atoms with Crippen LogP contribution >= 0.6 is 50.2 Å². The Kier molecular flexibility index (Phi) is 3.07. The molecule has 2 aromatic heterocycles. The lowest BCUT2D eigenvalue weighted by Gasteiger charge is -1.95. The van der Waals surface area contributed by atoms with Crippen LogP contribution in [0.1, 0.15) is 15.2 Å². The fraction of sp³-hybridized carbons (Fsp3) is 0. The van der Waals surface area contributed by atoms with Crippen LogP contribution in [0.4, 0.5) is 0 Å². The topological polar surface area (TPSA) is 17.1 Å². The van der Waals surface area contributed by atoms with Crippen molar-refractivity contribution in [3.05, 3.63) is 42.1 Å². The van der Waals surface area contributed by atoms with Gasteiger partial charge < -0.3 is 0 Å². The van der Waals surface area contributed by atoms with Gasteiger partial charge in [0.05, 0.1) is 9.90 Å². The molecule has 1 nitrogen and oxygen atoms in total. The highest BCUT2D eigenvalue weighted by atomic mass is 79.9. The monoisotopic (exact) mass is 306 g/mol. The molecule has 14 heavy (non-hydrogen) atoms. The molecule has 0 fully saturated rings. The van der Waals surface area contributed by atoms with Crippen LogP contribution in [-0.4, -0.2) is 5.78 Å². The van der Waals surface area contributed by atoms with Gasteiger partial charge in [-0.15, -0.1) is 11.3 Å². The molecule has 0 saturated heterocycles. The molecule has 2 heterocycles.